The number of hydrogen-bond donors (Lipinski definition) is 1. The van der Waals surface area contributed by atoms with Gasteiger partial charge < -0.3 is 5.11 Å². The molecular weight excluding hydrogens is 238 g/mol. The summed E-state index contributed by atoms with van der Waals surface area (Å²) in [6.07, 6.45) is 2.26. The van der Waals surface area contributed by atoms with E-state index in [-0.39, 0.29) is 0 Å². The van der Waals surface area contributed by atoms with Crippen molar-refractivity contribution in [3.05, 3.63) is 15.0 Å². The fourth-order valence-electron chi connectivity index (χ4n) is 1.31. The molecular formula is C8H10BrNOS. The lowest BCUT2D eigenvalue weighted by Gasteiger charge is -2.19. The fourth-order valence-corrected chi connectivity index (χ4v) is 2.70. The lowest BCUT2D eigenvalue weighted by atomic mass is 10.0. The van der Waals surface area contributed by atoms with Crippen molar-refractivity contribution in [2.24, 2.45) is 5.92 Å². The highest BCUT2D eigenvalue weighted by Gasteiger charge is 2.43. The third-order valence-corrected chi connectivity index (χ3v) is 4.06. The van der Waals surface area contributed by atoms with Crippen molar-refractivity contribution in [2.75, 3.05) is 0 Å². The van der Waals surface area contributed by atoms with Gasteiger partial charge in [-0.15, -0.1) is 11.3 Å². The molecule has 1 unspecified atom stereocenters. The van der Waals surface area contributed by atoms with E-state index in [9.17, 15) is 5.11 Å². The lowest BCUT2D eigenvalue weighted by Crippen LogP contribution is -2.23. The molecule has 1 N–H and O–H groups in total. The monoisotopic (exact) mass is 247 g/mol. The number of aromatic nitrogens is 1. The fraction of sp³-hybridized carbons (Fsp3) is 0.625. The van der Waals surface area contributed by atoms with E-state index in [1.54, 1.807) is 0 Å². The number of aliphatic hydroxyl groups is 1. The van der Waals surface area contributed by atoms with Gasteiger partial charge in [0.05, 0.1) is 0 Å². The molecule has 0 bridgehead atoms. The Kier molecular flexibility index (Phi) is 2.01. The van der Waals surface area contributed by atoms with Crippen LogP contribution in [-0.4, -0.2) is 10.1 Å². The molecule has 66 valence electrons. The molecule has 12 heavy (non-hydrogen) atoms. The van der Waals surface area contributed by atoms with Crippen molar-refractivity contribution in [1.29, 1.82) is 0 Å². The Balaban J connectivity index is 2.27. The van der Waals surface area contributed by atoms with Crippen LogP contribution in [0.15, 0.2) is 9.98 Å². The topological polar surface area (TPSA) is 33.1 Å². The first-order valence-electron chi connectivity index (χ1n) is 3.94. The van der Waals surface area contributed by atoms with Crippen LogP contribution in [-0.2, 0) is 5.60 Å². The van der Waals surface area contributed by atoms with Crippen molar-refractivity contribution < 1.29 is 5.11 Å². The Morgan fingerprint density at radius 1 is 1.75 bits per heavy atom. The molecule has 1 aliphatic rings. The first-order chi connectivity index (χ1) is 5.60. The SMILES string of the molecule is CC(O)(c1nc(Br)cs1)C1CC1. The number of nitrogens with zero attached hydrogens (tertiary/aromatic N) is 1. The molecule has 1 fully saturated rings. The van der Waals surface area contributed by atoms with Crippen molar-refractivity contribution in [1.82, 2.24) is 4.98 Å². The van der Waals surface area contributed by atoms with Crippen LogP contribution in [0.4, 0.5) is 0 Å². The maximum atomic E-state index is 10.1. The van der Waals surface area contributed by atoms with Gasteiger partial charge in [-0.1, -0.05) is 0 Å². The summed E-state index contributed by atoms with van der Waals surface area (Å²) in [5.74, 6) is 0.426. The van der Waals surface area contributed by atoms with Crippen LogP contribution in [0, 0.1) is 5.92 Å². The summed E-state index contributed by atoms with van der Waals surface area (Å²) in [6.45, 7) is 1.86. The van der Waals surface area contributed by atoms with Gasteiger partial charge in [-0.2, -0.15) is 0 Å². The van der Waals surface area contributed by atoms with Gasteiger partial charge in [0.1, 0.15) is 15.2 Å². The quantitative estimate of drug-likeness (QED) is 0.872. The first-order valence-corrected chi connectivity index (χ1v) is 5.62. The largest absolute Gasteiger partial charge is 0.383 e. The Bertz CT molecular complexity index is 293. The average molecular weight is 248 g/mol. The summed E-state index contributed by atoms with van der Waals surface area (Å²) in [6, 6.07) is 0. The normalized spacial score (nSPS) is 22.2. The number of thiazole rings is 1. The number of rotatable bonds is 2. The molecule has 2 rings (SSSR count). The standard InChI is InChI=1S/C8H10BrNOS/c1-8(11,5-2-3-5)7-10-6(9)4-12-7/h4-5,11H,2-3H2,1H3. The van der Waals surface area contributed by atoms with Crippen molar-refractivity contribution in [3.63, 3.8) is 0 Å². The minimum atomic E-state index is -0.698. The third kappa shape index (κ3) is 1.43. The van der Waals surface area contributed by atoms with Crippen LogP contribution < -0.4 is 0 Å². The molecule has 0 aliphatic heterocycles. The van der Waals surface area contributed by atoms with Crippen molar-refractivity contribution in [2.45, 2.75) is 25.4 Å². The predicted molar refractivity (Wildman–Crippen MR) is 52.1 cm³/mol. The third-order valence-electron chi connectivity index (χ3n) is 2.28. The van der Waals surface area contributed by atoms with Gasteiger partial charge in [0.15, 0.2) is 0 Å². The molecule has 0 amide bonds. The molecule has 1 aromatic heterocycles. The smallest absolute Gasteiger partial charge is 0.126 e. The van der Waals surface area contributed by atoms with Crippen LogP contribution in [0.3, 0.4) is 0 Å². The second kappa shape index (κ2) is 2.79. The summed E-state index contributed by atoms with van der Waals surface area (Å²) in [5.41, 5.74) is -0.698. The van der Waals surface area contributed by atoms with Crippen LogP contribution >= 0.6 is 27.3 Å². The van der Waals surface area contributed by atoms with Gasteiger partial charge in [-0.25, -0.2) is 4.98 Å². The molecule has 1 aliphatic carbocycles. The van der Waals surface area contributed by atoms with Crippen LogP contribution in [0.25, 0.3) is 0 Å². The maximum absolute atomic E-state index is 10.1. The highest BCUT2D eigenvalue weighted by atomic mass is 79.9. The van der Waals surface area contributed by atoms with E-state index >= 15 is 0 Å². The molecule has 1 heterocycles. The Labute approximate surface area is 83.8 Å². The van der Waals surface area contributed by atoms with Crippen molar-refractivity contribution in [3.8, 4) is 0 Å². The zero-order valence-corrected chi connectivity index (χ0v) is 9.15. The highest BCUT2D eigenvalue weighted by molar-refractivity contribution is 9.10. The maximum Gasteiger partial charge on any atom is 0.126 e. The van der Waals surface area contributed by atoms with Gasteiger partial charge >= 0.3 is 0 Å². The summed E-state index contributed by atoms with van der Waals surface area (Å²) in [4.78, 5) is 4.23. The zero-order valence-electron chi connectivity index (χ0n) is 6.75. The van der Waals surface area contributed by atoms with E-state index in [0.717, 1.165) is 22.5 Å². The van der Waals surface area contributed by atoms with E-state index in [4.69, 9.17) is 0 Å². The Morgan fingerprint density at radius 3 is 2.83 bits per heavy atom. The molecule has 4 heteroatoms. The number of halogens is 1. The van der Waals surface area contributed by atoms with Crippen molar-refractivity contribution >= 4 is 27.3 Å². The first kappa shape index (κ1) is 8.66. The average Bonchev–Trinajstić information content (AvgIpc) is 2.75. The molecule has 1 atom stereocenters. The highest BCUT2D eigenvalue weighted by Crippen LogP contribution is 2.46. The van der Waals surface area contributed by atoms with Crippen LogP contribution in [0.5, 0.6) is 0 Å². The van der Waals surface area contributed by atoms with Crippen LogP contribution in [0.1, 0.15) is 24.8 Å². The second-order valence-electron chi connectivity index (χ2n) is 3.40. The van der Waals surface area contributed by atoms with E-state index < -0.39 is 5.60 Å². The van der Waals surface area contributed by atoms with E-state index in [0.29, 0.717) is 5.92 Å². The van der Waals surface area contributed by atoms with Crippen LogP contribution in [0.2, 0.25) is 0 Å². The molecule has 0 aromatic carbocycles. The van der Waals surface area contributed by atoms with Gasteiger partial charge in [-0.3, -0.25) is 0 Å². The Hall–Kier alpha value is 0.0700. The van der Waals surface area contributed by atoms with Gasteiger partial charge in [-0.05, 0) is 41.6 Å². The molecule has 0 saturated heterocycles. The van der Waals surface area contributed by atoms with E-state index in [2.05, 4.69) is 20.9 Å². The molecule has 0 radical (unpaired) electrons. The van der Waals surface area contributed by atoms with Gasteiger partial charge in [0.2, 0.25) is 0 Å². The molecule has 0 spiro atoms. The summed E-state index contributed by atoms with van der Waals surface area (Å²) in [7, 11) is 0. The summed E-state index contributed by atoms with van der Waals surface area (Å²) in [5, 5.41) is 12.8. The van der Waals surface area contributed by atoms with E-state index in [1.807, 2.05) is 12.3 Å². The predicted octanol–water partition coefficient (Wildman–Crippen LogP) is 2.52. The molecule has 2 nitrogen and oxygen atoms in total. The summed E-state index contributed by atoms with van der Waals surface area (Å²) < 4.78 is 0.823. The van der Waals surface area contributed by atoms with Gasteiger partial charge in [0, 0.05) is 5.38 Å². The molecule has 1 saturated carbocycles. The Morgan fingerprint density at radius 2 is 2.42 bits per heavy atom. The number of hydrogen-bond acceptors (Lipinski definition) is 3. The molecule has 1 aromatic rings. The minimum Gasteiger partial charge on any atom is -0.383 e. The lowest BCUT2D eigenvalue weighted by molar-refractivity contribution is 0.0327. The minimum absolute atomic E-state index is 0.426. The van der Waals surface area contributed by atoms with Gasteiger partial charge in [0.25, 0.3) is 0 Å². The van der Waals surface area contributed by atoms with E-state index in [1.165, 1.54) is 11.3 Å². The zero-order chi connectivity index (χ0) is 8.77. The second-order valence-corrected chi connectivity index (χ2v) is 5.07. The summed E-state index contributed by atoms with van der Waals surface area (Å²) >= 11 is 4.80.